The quantitative estimate of drug-likeness (QED) is 0.662. The molecule has 3 aromatic rings. The van der Waals surface area contributed by atoms with Gasteiger partial charge in [0.05, 0.1) is 10.7 Å². The number of hydrogen-bond donors (Lipinski definition) is 1. The number of carbonyl (C=O) groups is 2. The molecule has 0 saturated heterocycles. The Kier molecular flexibility index (Phi) is 5.46. The number of nitrogens with one attached hydrogen (secondary N) is 1. The van der Waals surface area contributed by atoms with Crippen LogP contribution in [0.15, 0.2) is 48.5 Å². The summed E-state index contributed by atoms with van der Waals surface area (Å²) < 4.78 is 20.1. The topological polar surface area (TPSA) is 60.3 Å². The lowest BCUT2D eigenvalue weighted by Gasteiger charge is -2.15. The Morgan fingerprint density at radius 2 is 1.96 bits per heavy atom. The molecule has 1 aromatic heterocycles. The zero-order valence-electron chi connectivity index (χ0n) is 14.8. The molecule has 5 nitrogen and oxygen atoms in total. The number of aromatic nitrogens is 1. The lowest BCUT2D eigenvalue weighted by atomic mass is 10.2. The van der Waals surface area contributed by atoms with Crippen LogP contribution in [0.25, 0.3) is 10.9 Å². The number of anilines is 1. The first-order chi connectivity index (χ1) is 12.8. The molecule has 0 aliphatic rings. The van der Waals surface area contributed by atoms with Crippen LogP contribution in [0.1, 0.15) is 12.6 Å². The SMILES string of the molecule is Cc1cc2ccccc2n1CC(=O)OC(C)C(=O)Nc1ccc(F)cc1Cl. The Labute approximate surface area is 160 Å². The minimum Gasteiger partial charge on any atom is -0.451 e. The minimum absolute atomic E-state index is 0.00568. The third-order valence-corrected chi connectivity index (χ3v) is 4.48. The van der Waals surface area contributed by atoms with Gasteiger partial charge in [0.15, 0.2) is 6.10 Å². The van der Waals surface area contributed by atoms with Gasteiger partial charge in [-0.1, -0.05) is 29.8 Å². The molecule has 0 aliphatic carbocycles. The maximum absolute atomic E-state index is 13.1. The number of benzene rings is 2. The molecule has 0 radical (unpaired) electrons. The predicted octanol–water partition coefficient (Wildman–Crippen LogP) is 4.31. The summed E-state index contributed by atoms with van der Waals surface area (Å²) in [6.45, 7) is 3.36. The van der Waals surface area contributed by atoms with Crippen molar-refractivity contribution >= 4 is 40.1 Å². The Morgan fingerprint density at radius 1 is 1.22 bits per heavy atom. The molecule has 140 valence electrons. The van der Waals surface area contributed by atoms with E-state index >= 15 is 0 Å². The molecule has 0 aliphatic heterocycles. The van der Waals surface area contributed by atoms with Gasteiger partial charge in [0.25, 0.3) is 5.91 Å². The van der Waals surface area contributed by atoms with Crippen LogP contribution in [0.3, 0.4) is 0 Å². The minimum atomic E-state index is -1.03. The lowest BCUT2D eigenvalue weighted by Crippen LogP contribution is -2.31. The fourth-order valence-corrected chi connectivity index (χ4v) is 3.01. The van der Waals surface area contributed by atoms with Crippen molar-refractivity contribution in [2.75, 3.05) is 5.32 Å². The molecule has 0 saturated carbocycles. The van der Waals surface area contributed by atoms with Crippen molar-refractivity contribution in [3.8, 4) is 0 Å². The summed E-state index contributed by atoms with van der Waals surface area (Å²) in [5.41, 5.74) is 2.09. The first-order valence-electron chi connectivity index (χ1n) is 8.35. The van der Waals surface area contributed by atoms with Crippen molar-refractivity contribution in [2.24, 2.45) is 0 Å². The molecular weight excluding hydrogens is 371 g/mol. The van der Waals surface area contributed by atoms with Gasteiger partial charge in [0, 0.05) is 11.2 Å². The molecule has 0 fully saturated rings. The third kappa shape index (κ3) is 4.28. The van der Waals surface area contributed by atoms with Gasteiger partial charge in [-0.25, -0.2) is 4.39 Å². The van der Waals surface area contributed by atoms with Crippen molar-refractivity contribution in [3.63, 3.8) is 0 Å². The van der Waals surface area contributed by atoms with Crippen LogP contribution in [0, 0.1) is 12.7 Å². The molecule has 1 atom stereocenters. The molecule has 1 heterocycles. The summed E-state index contributed by atoms with van der Waals surface area (Å²) in [7, 11) is 0. The number of esters is 1. The highest BCUT2D eigenvalue weighted by molar-refractivity contribution is 6.33. The van der Waals surface area contributed by atoms with E-state index in [1.165, 1.54) is 19.1 Å². The van der Waals surface area contributed by atoms with E-state index < -0.39 is 23.8 Å². The number of fused-ring (bicyclic) bond motifs is 1. The lowest BCUT2D eigenvalue weighted by molar-refractivity contribution is -0.153. The van der Waals surface area contributed by atoms with Crippen LogP contribution in [0.2, 0.25) is 5.02 Å². The fraction of sp³-hybridized carbons (Fsp3) is 0.200. The van der Waals surface area contributed by atoms with Crippen molar-refractivity contribution in [1.82, 2.24) is 4.57 Å². The number of hydrogen-bond acceptors (Lipinski definition) is 3. The van der Waals surface area contributed by atoms with Crippen LogP contribution in [0.4, 0.5) is 10.1 Å². The highest BCUT2D eigenvalue weighted by Gasteiger charge is 2.20. The van der Waals surface area contributed by atoms with Crippen molar-refractivity contribution in [1.29, 1.82) is 0 Å². The monoisotopic (exact) mass is 388 g/mol. The van der Waals surface area contributed by atoms with E-state index in [2.05, 4.69) is 5.32 Å². The first-order valence-corrected chi connectivity index (χ1v) is 8.73. The number of amides is 1. The zero-order valence-corrected chi connectivity index (χ0v) is 15.6. The highest BCUT2D eigenvalue weighted by Crippen LogP contribution is 2.23. The normalized spacial score (nSPS) is 12.0. The van der Waals surface area contributed by atoms with Gasteiger partial charge in [-0.2, -0.15) is 0 Å². The standard InChI is InChI=1S/C20H18ClFN2O3/c1-12-9-14-5-3-4-6-18(14)24(12)11-19(25)27-13(2)20(26)23-17-8-7-15(22)10-16(17)21/h3-10,13H,11H2,1-2H3,(H,23,26). The van der Waals surface area contributed by atoms with Crippen LogP contribution in [0.5, 0.6) is 0 Å². The zero-order chi connectivity index (χ0) is 19.6. The number of halogens is 2. The molecule has 3 rings (SSSR count). The number of para-hydroxylation sites is 1. The molecule has 1 N–H and O–H groups in total. The van der Waals surface area contributed by atoms with Gasteiger partial charge < -0.3 is 14.6 Å². The van der Waals surface area contributed by atoms with Crippen LogP contribution < -0.4 is 5.32 Å². The van der Waals surface area contributed by atoms with Gasteiger partial charge in [-0.05, 0) is 49.6 Å². The number of carbonyl (C=O) groups excluding carboxylic acids is 2. The van der Waals surface area contributed by atoms with Gasteiger partial charge in [-0.3, -0.25) is 9.59 Å². The van der Waals surface area contributed by atoms with E-state index in [0.29, 0.717) is 0 Å². The Balaban J connectivity index is 1.64. The van der Waals surface area contributed by atoms with Crippen molar-refractivity contribution in [3.05, 3.63) is 65.1 Å². The van der Waals surface area contributed by atoms with E-state index in [0.717, 1.165) is 22.7 Å². The molecule has 27 heavy (non-hydrogen) atoms. The second kappa shape index (κ2) is 7.80. The largest absolute Gasteiger partial charge is 0.451 e. The number of aryl methyl sites for hydroxylation is 1. The molecule has 2 aromatic carbocycles. The van der Waals surface area contributed by atoms with E-state index in [-0.39, 0.29) is 17.3 Å². The van der Waals surface area contributed by atoms with Crippen molar-refractivity contribution in [2.45, 2.75) is 26.5 Å². The Morgan fingerprint density at radius 3 is 2.70 bits per heavy atom. The Bertz CT molecular complexity index is 1020. The van der Waals surface area contributed by atoms with Gasteiger partial charge >= 0.3 is 5.97 Å². The van der Waals surface area contributed by atoms with E-state index in [1.807, 2.05) is 41.8 Å². The average molecular weight is 389 g/mol. The van der Waals surface area contributed by atoms with Gasteiger partial charge in [0.1, 0.15) is 12.4 Å². The van der Waals surface area contributed by atoms with Gasteiger partial charge in [-0.15, -0.1) is 0 Å². The van der Waals surface area contributed by atoms with Crippen molar-refractivity contribution < 1.29 is 18.7 Å². The number of ether oxygens (including phenoxy) is 1. The smallest absolute Gasteiger partial charge is 0.326 e. The number of nitrogens with zero attached hydrogens (tertiary/aromatic N) is 1. The van der Waals surface area contributed by atoms with Crippen LogP contribution in [-0.4, -0.2) is 22.5 Å². The maximum atomic E-state index is 13.1. The van der Waals surface area contributed by atoms with Crippen LogP contribution >= 0.6 is 11.6 Å². The summed E-state index contributed by atoms with van der Waals surface area (Å²) in [4.78, 5) is 24.5. The van der Waals surface area contributed by atoms with Crippen LogP contribution in [-0.2, 0) is 20.9 Å². The highest BCUT2D eigenvalue weighted by atomic mass is 35.5. The first kappa shape index (κ1) is 18.9. The maximum Gasteiger partial charge on any atom is 0.326 e. The van der Waals surface area contributed by atoms with E-state index in [1.54, 1.807) is 0 Å². The van der Waals surface area contributed by atoms with E-state index in [9.17, 15) is 14.0 Å². The summed E-state index contributed by atoms with van der Waals surface area (Å²) in [5, 5.41) is 3.61. The molecule has 1 amide bonds. The predicted molar refractivity (Wildman–Crippen MR) is 102 cm³/mol. The molecular formula is C20H18ClFN2O3. The summed E-state index contributed by atoms with van der Waals surface area (Å²) in [6, 6.07) is 13.3. The summed E-state index contributed by atoms with van der Waals surface area (Å²) in [5.74, 6) is -1.59. The molecule has 1 unspecified atom stereocenters. The second-order valence-corrected chi connectivity index (χ2v) is 6.58. The summed E-state index contributed by atoms with van der Waals surface area (Å²) >= 11 is 5.89. The average Bonchev–Trinajstić information content (AvgIpc) is 2.93. The molecule has 0 spiro atoms. The summed E-state index contributed by atoms with van der Waals surface area (Å²) in [6.07, 6.45) is -1.03. The molecule has 0 bridgehead atoms. The Hall–Kier alpha value is -2.86. The van der Waals surface area contributed by atoms with E-state index in [4.69, 9.17) is 16.3 Å². The van der Waals surface area contributed by atoms with Gasteiger partial charge in [0.2, 0.25) is 0 Å². The number of rotatable bonds is 5. The molecule has 7 heteroatoms. The third-order valence-electron chi connectivity index (χ3n) is 4.17. The second-order valence-electron chi connectivity index (χ2n) is 6.18. The fourth-order valence-electron chi connectivity index (χ4n) is 2.80.